The first-order chi connectivity index (χ1) is 11.2. The highest BCUT2D eigenvalue weighted by molar-refractivity contribution is 6.14. The lowest BCUT2D eigenvalue weighted by molar-refractivity contribution is -0.120. The molecule has 0 saturated heterocycles. The van der Waals surface area contributed by atoms with Crippen LogP contribution >= 0.6 is 0 Å². The van der Waals surface area contributed by atoms with Gasteiger partial charge < -0.3 is 4.90 Å². The second-order valence-corrected chi connectivity index (χ2v) is 6.09. The average molecular weight is 308 g/mol. The van der Waals surface area contributed by atoms with E-state index in [0.717, 1.165) is 41.9 Å². The van der Waals surface area contributed by atoms with Crippen molar-refractivity contribution in [3.05, 3.63) is 59.9 Å². The Balaban J connectivity index is 1.76. The molecule has 1 aliphatic carbocycles. The molecule has 2 aliphatic rings. The van der Waals surface area contributed by atoms with Gasteiger partial charge in [0, 0.05) is 5.71 Å². The SMILES string of the molecule is O=C1C2CCCC2=Nc2ccccc2N1Cc1ccc(F)cc1. The van der Waals surface area contributed by atoms with Crippen LogP contribution in [0.15, 0.2) is 53.5 Å². The number of fused-ring (bicyclic) bond motifs is 2. The van der Waals surface area contributed by atoms with Gasteiger partial charge in [-0.15, -0.1) is 0 Å². The van der Waals surface area contributed by atoms with Crippen molar-refractivity contribution in [2.45, 2.75) is 25.8 Å². The Morgan fingerprint density at radius 3 is 2.74 bits per heavy atom. The first-order valence-electron chi connectivity index (χ1n) is 7.95. The van der Waals surface area contributed by atoms with Crippen LogP contribution in [0.3, 0.4) is 0 Å². The van der Waals surface area contributed by atoms with E-state index in [-0.39, 0.29) is 17.6 Å². The number of hydrogen-bond donors (Lipinski definition) is 0. The Morgan fingerprint density at radius 1 is 1.13 bits per heavy atom. The number of aliphatic imine (C=N–C) groups is 1. The van der Waals surface area contributed by atoms with Crippen LogP contribution in [-0.4, -0.2) is 11.6 Å². The van der Waals surface area contributed by atoms with Crippen molar-refractivity contribution in [3.8, 4) is 0 Å². The molecule has 0 aromatic heterocycles. The molecule has 1 heterocycles. The van der Waals surface area contributed by atoms with Gasteiger partial charge in [0.2, 0.25) is 5.91 Å². The molecule has 0 spiro atoms. The monoisotopic (exact) mass is 308 g/mol. The average Bonchev–Trinajstić information content (AvgIpc) is 2.99. The van der Waals surface area contributed by atoms with E-state index in [1.165, 1.54) is 12.1 Å². The van der Waals surface area contributed by atoms with Crippen LogP contribution in [0.1, 0.15) is 24.8 Å². The summed E-state index contributed by atoms with van der Waals surface area (Å²) >= 11 is 0. The van der Waals surface area contributed by atoms with Gasteiger partial charge in [0.25, 0.3) is 0 Å². The van der Waals surface area contributed by atoms with E-state index in [2.05, 4.69) is 0 Å². The van der Waals surface area contributed by atoms with E-state index in [1.54, 1.807) is 17.0 Å². The number of para-hydroxylation sites is 2. The van der Waals surface area contributed by atoms with Crippen molar-refractivity contribution in [1.82, 2.24) is 0 Å². The molecule has 1 fully saturated rings. The fourth-order valence-corrected chi connectivity index (χ4v) is 3.41. The molecule has 23 heavy (non-hydrogen) atoms. The molecule has 1 atom stereocenters. The van der Waals surface area contributed by atoms with Gasteiger partial charge in [-0.25, -0.2) is 4.39 Å². The minimum absolute atomic E-state index is 0.107. The third-order valence-electron chi connectivity index (χ3n) is 4.58. The predicted octanol–water partition coefficient (Wildman–Crippen LogP) is 4.25. The fourth-order valence-electron chi connectivity index (χ4n) is 3.41. The number of carbonyl (C=O) groups excluding carboxylic acids is 1. The first-order valence-corrected chi connectivity index (χ1v) is 7.95. The second-order valence-electron chi connectivity index (χ2n) is 6.09. The van der Waals surface area contributed by atoms with Crippen molar-refractivity contribution in [2.75, 3.05) is 4.90 Å². The molecule has 4 heteroatoms. The number of rotatable bonds is 2. The number of halogens is 1. The Hall–Kier alpha value is -2.49. The van der Waals surface area contributed by atoms with Gasteiger partial charge in [-0.05, 0) is 49.1 Å². The smallest absolute Gasteiger partial charge is 0.236 e. The van der Waals surface area contributed by atoms with Gasteiger partial charge in [0.15, 0.2) is 0 Å². The quantitative estimate of drug-likeness (QED) is 0.816. The summed E-state index contributed by atoms with van der Waals surface area (Å²) in [5.41, 5.74) is 3.60. The highest BCUT2D eigenvalue weighted by Crippen LogP contribution is 2.38. The van der Waals surface area contributed by atoms with E-state index in [1.807, 2.05) is 24.3 Å². The zero-order valence-electron chi connectivity index (χ0n) is 12.7. The summed E-state index contributed by atoms with van der Waals surface area (Å²) in [6.45, 7) is 0.440. The van der Waals surface area contributed by atoms with Crippen molar-refractivity contribution < 1.29 is 9.18 Å². The largest absolute Gasteiger partial charge is 0.305 e. The number of nitrogens with zero attached hydrogens (tertiary/aromatic N) is 2. The molecule has 2 aromatic carbocycles. The highest BCUT2D eigenvalue weighted by atomic mass is 19.1. The minimum Gasteiger partial charge on any atom is -0.305 e. The van der Waals surface area contributed by atoms with E-state index < -0.39 is 0 Å². The van der Waals surface area contributed by atoms with Gasteiger partial charge in [0.1, 0.15) is 5.82 Å². The van der Waals surface area contributed by atoms with E-state index in [4.69, 9.17) is 4.99 Å². The topological polar surface area (TPSA) is 32.7 Å². The summed E-state index contributed by atoms with van der Waals surface area (Å²) in [6, 6.07) is 14.1. The first kappa shape index (κ1) is 14.1. The van der Waals surface area contributed by atoms with Gasteiger partial charge in [-0.1, -0.05) is 24.3 Å². The molecule has 1 amide bonds. The second kappa shape index (κ2) is 5.61. The van der Waals surface area contributed by atoms with E-state index >= 15 is 0 Å². The Labute approximate surface area is 134 Å². The van der Waals surface area contributed by atoms with Crippen LogP contribution in [0.2, 0.25) is 0 Å². The Morgan fingerprint density at radius 2 is 1.91 bits per heavy atom. The van der Waals surface area contributed by atoms with Crippen molar-refractivity contribution in [3.63, 3.8) is 0 Å². The van der Waals surface area contributed by atoms with Crippen LogP contribution < -0.4 is 4.90 Å². The zero-order valence-corrected chi connectivity index (χ0v) is 12.7. The molecule has 1 saturated carbocycles. The Bertz CT molecular complexity index is 782. The summed E-state index contributed by atoms with van der Waals surface area (Å²) in [5.74, 6) is -0.267. The van der Waals surface area contributed by atoms with Crippen molar-refractivity contribution in [2.24, 2.45) is 10.9 Å². The molecular weight excluding hydrogens is 291 g/mol. The van der Waals surface area contributed by atoms with Gasteiger partial charge in [-0.3, -0.25) is 9.79 Å². The molecule has 1 unspecified atom stereocenters. The maximum atomic E-state index is 13.1. The molecule has 0 radical (unpaired) electrons. The molecule has 0 N–H and O–H groups in total. The predicted molar refractivity (Wildman–Crippen MR) is 88.5 cm³/mol. The van der Waals surface area contributed by atoms with Crippen molar-refractivity contribution >= 4 is 23.0 Å². The van der Waals surface area contributed by atoms with Crippen LogP contribution in [0, 0.1) is 11.7 Å². The molecule has 3 nitrogen and oxygen atoms in total. The summed E-state index contributed by atoms with van der Waals surface area (Å²) in [4.78, 5) is 19.6. The summed E-state index contributed by atoms with van der Waals surface area (Å²) in [6.07, 6.45) is 2.78. The third-order valence-corrected chi connectivity index (χ3v) is 4.58. The van der Waals surface area contributed by atoms with Gasteiger partial charge >= 0.3 is 0 Å². The lowest BCUT2D eigenvalue weighted by Gasteiger charge is -2.25. The van der Waals surface area contributed by atoms with E-state index in [9.17, 15) is 9.18 Å². The van der Waals surface area contributed by atoms with Crippen LogP contribution in [0.5, 0.6) is 0 Å². The maximum absolute atomic E-state index is 13.1. The molecule has 0 bridgehead atoms. The third kappa shape index (κ3) is 2.54. The van der Waals surface area contributed by atoms with Crippen LogP contribution in [-0.2, 0) is 11.3 Å². The standard InChI is InChI=1S/C19H17FN2O/c20-14-10-8-13(9-11-14)12-22-18-7-2-1-5-17(18)21-16-6-3-4-15(16)19(22)23/h1-2,5,7-11,15H,3-4,6,12H2. The number of benzene rings is 2. The zero-order chi connectivity index (χ0) is 15.8. The molecule has 2 aromatic rings. The lowest BCUT2D eigenvalue weighted by atomic mass is 10.0. The van der Waals surface area contributed by atoms with Gasteiger partial charge in [0.05, 0.1) is 23.8 Å². The summed E-state index contributed by atoms with van der Waals surface area (Å²) in [5, 5.41) is 0. The summed E-state index contributed by atoms with van der Waals surface area (Å²) < 4.78 is 13.1. The molecular formula is C19H17FN2O. The minimum atomic E-state index is -0.266. The molecule has 116 valence electrons. The number of anilines is 1. The molecule has 1 aliphatic heterocycles. The van der Waals surface area contributed by atoms with Crippen LogP contribution in [0.4, 0.5) is 15.8 Å². The molecule has 4 rings (SSSR count). The lowest BCUT2D eigenvalue weighted by Crippen LogP contribution is -2.36. The fraction of sp³-hybridized carbons (Fsp3) is 0.263. The number of hydrogen-bond acceptors (Lipinski definition) is 2. The maximum Gasteiger partial charge on any atom is 0.236 e. The van der Waals surface area contributed by atoms with Gasteiger partial charge in [-0.2, -0.15) is 0 Å². The normalized spacial score (nSPS) is 19.9. The highest BCUT2D eigenvalue weighted by Gasteiger charge is 2.36. The summed E-state index contributed by atoms with van der Waals surface area (Å²) in [7, 11) is 0. The Kier molecular flexibility index (Phi) is 3.45. The van der Waals surface area contributed by atoms with Crippen LogP contribution in [0.25, 0.3) is 0 Å². The van der Waals surface area contributed by atoms with Crippen molar-refractivity contribution in [1.29, 1.82) is 0 Å². The number of amides is 1. The number of carbonyl (C=O) groups is 1. The van der Waals surface area contributed by atoms with E-state index in [0.29, 0.717) is 6.54 Å².